The number of hydrogen-bond donors (Lipinski definition) is 2. The zero-order chi connectivity index (χ0) is 29.1. The normalized spacial score (nSPS) is 16.2. The molecule has 0 unspecified atom stereocenters. The van der Waals surface area contributed by atoms with Gasteiger partial charge in [-0.2, -0.15) is 0 Å². The van der Waals surface area contributed by atoms with Crippen LogP contribution in [0.3, 0.4) is 0 Å². The van der Waals surface area contributed by atoms with E-state index in [1.165, 1.54) is 32.1 Å². The molecule has 0 atom stereocenters. The van der Waals surface area contributed by atoms with Crippen LogP contribution in [0.1, 0.15) is 37.7 Å². The van der Waals surface area contributed by atoms with Crippen molar-refractivity contribution in [2.75, 3.05) is 55.8 Å². The number of thiocarbonyl (C=S) groups is 1. The van der Waals surface area contributed by atoms with E-state index in [1.807, 2.05) is 41.0 Å². The molecule has 9 heteroatoms. The predicted molar refractivity (Wildman–Crippen MR) is 178 cm³/mol. The fourth-order valence-electron chi connectivity index (χ4n) is 5.96. The quantitative estimate of drug-likeness (QED) is 0.251. The van der Waals surface area contributed by atoms with Crippen molar-refractivity contribution < 1.29 is 0 Å². The van der Waals surface area contributed by atoms with Crippen molar-refractivity contribution >= 4 is 45.7 Å². The number of piperidine rings is 2. The molecule has 8 nitrogen and oxygen atoms in total. The molecular weight excluding hydrogens is 540 g/mol. The Kier molecular flexibility index (Phi) is 8.39. The first-order valence-electron chi connectivity index (χ1n) is 14.9. The maximum Gasteiger partial charge on any atom is 0.182 e. The first kappa shape index (κ1) is 28.2. The molecule has 42 heavy (non-hydrogen) atoms. The van der Waals surface area contributed by atoms with Crippen molar-refractivity contribution in [2.45, 2.75) is 38.1 Å². The largest absolute Gasteiger partial charge is 0.371 e. The molecule has 2 N–H and O–H groups in total. The van der Waals surface area contributed by atoms with Crippen LogP contribution in [0, 0.1) is 0 Å². The van der Waals surface area contributed by atoms with Crippen LogP contribution in [0.5, 0.6) is 0 Å². The Hall–Kier alpha value is -3.95. The number of nitrogens with one attached hydrogen (secondary N) is 2. The lowest BCUT2D eigenvalue weighted by Crippen LogP contribution is -2.40. The minimum atomic E-state index is 0.539. The fraction of sp³-hybridized carbons (Fsp3) is 0.364. The van der Waals surface area contributed by atoms with Crippen molar-refractivity contribution in [1.82, 2.24) is 24.4 Å². The zero-order valence-corrected chi connectivity index (χ0v) is 25.4. The van der Waals surface area contributed by atoms with Crippen LogP contribution in [-0.4, -0.2) is 75.8 Å². The summed E-state index contributed by atoms with van der Waals surface area (Å²) in [6.45, 7) is 8.54. The van der Waals surface area contributed by atoms with E-state index < -0.39 is 0 Å². The average molecular weight is 581 g/mol. The summed E-state index contributed by atoms with van der Waals surface area (Å²) in [6, 6.07) is 21.2. The van der Waals surface area contributed by atoms with Gasteiger partial charge in [-0.1, -0.05) is 18.7 Å². The van der Waals surface area contributed by atoms with E-state index >= 15 is 0 Å². The lowest BCUT2D eigenvalue weighted by molar-refractivity contribution is 0.186. The monoisotopic (exact) mass is 580 g/mol. The van der Waals surface area contributed by atoms with Crippen LogP contribution < -0.4 is 15.5 Å². The average Bonchev–Trinajstić information content (AvgIpc) is 3.50. The van der Waals surface area contributed by atoms with Crippen LogP contribution in [0.25, 0.3) is 22.6 Å². The van der Waals surface area contributed by atoms with E-state index in [2.05, 4.69) is 76.3 Å². The minimum Gasteiger partial charge on any atom is -0.371 e. The molecule has 2 aliphatic heterocycles. The van der Waals surface area contributed by atoms with Crippen LogP contribution in [0.2, 0.25) is 0 Å². The van der Waals surface area contributed by atoms with E-state index in [0.29, 0.717) is 11.2 Å². The van der Waals surface area contributed by atoms with Gasteiger partial charge in [-0.15, -0.1) is 5.10 Å². The van der Waals surface area contributed by atoms with E-state index in [-0.39, 0.29) is 0 Å². The van der Waals surface area contributed by atoms with Crippen molar-refractivity contribution in [2.24, 2.45) is 0 Å². The van der Waals surface area contributed by atoms with Crippen LogP contribution >= 0.6 is 12.2 Å². The maximum absolute atomic E-state index is 5.61. The van der Waals surface area contributed by atoms with Gasteiger partial charge in [0.25, 0.3) is 0 Å². The molecule has 4 heterocycles. The molecular formula is C33H40N8S. The summed E-state index contributed by atoms with van der Waals surface area (Å²) in [5.41, 5.74) is 6.09. The number of hydrogen-bond acceptors (Lipinski definition) is 6. The van der Waals surface area contributed by atoms with Gasteiger partial charge in [-0.05, 0) is 113 Å². The van der Waals surface area contributed by atoms with E-state index in [9.17, 15) is 0 Å². The number of benzene rings is 2. The highest BCUT2D eigenvalue weighted by molar-refractivity contribution is 7.80. The summed E-state index contributed by atoms with van der Waals surface area (Å²) in [4.78, 5) is 12.1. The van der Waals surface area contributed by atoms with Gasteiger partial charge in [-0.25, -0.2) is 9.50 Å². The number of likely N-dealkylation sites (tertiary alicyclic amines) is 1. The van der Waals surface area contributed by atoms with Crippen LogP contribution in [0.15, 0.2) is 73.4 Å². The molecule has 2 aromatic heterocycles. The SMILES string of the molecule is C=C(c1ccc(NC(=S)Nc2ccc(-c3nc(N4CCCCC4)c4cccn4n3)cc2)cc1)N1CCC(N(C)C)CC1. The lowest BCUT2D eigenvalue weighted by Gasteiger charge is -2.37. The maximum atomic E-state index is 5.61. The lowest BCUT2D eigenvalue weighted by atomic mass is 10.0. The Bertz CT molecular complexity index is 1530. The zero-order valence-electron chi connectivity index (χ0n) is 24.6. The number of nitrogens with zero attached hydrogens (tertiary/aromatic N) is 6. The number of fused-ring (bicyclic) bond motifs is 1. The third kappa shape index (κ3) is 6.27. The predicted octanol–water partition coefficient (Wildman–Crippen LogP) is 6.19. The molecule has 2 saturated heterocycles. The number of rotatable bonds is 7. The molecule has 6 rings (SSSR count). The summed E-state index contributed by atoms with van der Waals surface area (Å²) in [5, 5.41) is 11.9. The summed E-state index contributed by atoms with van der Waals surface area (Å²) >= 11 is 5.61. The second-order valence-electron chi connectivity index (χ2n) is 11.5. The van der Waals surface area contributed by atoms with Crippen LogP contribution in [0.4, 0.5) is 17.2 Å². The van der Waals surface area contributed by atoms with Gasteiger partial charge in [0, 0.05) is 61.1 Å². The summed E-state index contributed by atoms with van der Waals surface area (Å²) in [7, 11) is 4.33. The van der Waals surface area contributed by atoms with Crippen molar-refractivity contribution in [3.05, 3.63) is 79.0 Å². The summed E-state index contributed by atoms with van der Waals surface area (Å²) in [5.74, 6) is 1.73. The molecule has 2 aromatic carbocycles. The van der Waals surface area contributed by atoms with Gasteiger partial charge in [0.05, 0.1) is 0 Å². The number of aromatic nitrogens is 3. The number of anilines is 3. The molecule has 2 aliphatic rings. The highest BCUT2D eigenvalue weighted by Crippen LogP contribution is 2.28. The Labute approximate surface area is 254 Å². The van der Waals surface area contributed by atoms with Gasteiger partial charge in [0.1, 0.15) is 5.52 Å². The highest BCUT2D eigenvalue weighted by Gasteiger charge is 2.22. The Balaban J connectivity index is 1.06. The molecule has 218 valence electrons. The molecule has 0 saturated carbocycles. The first-order chi connectivity index (χ1) is 20.4. The van der Waals surface area contributed by atoms with Crippen molar-refractivity contribution in [3.63, 3.8) is 0 Å². The molecule has 0 spiro atoms. The summed E-state index contributed by atoms with van der Waals surface area (Å²) in [6.07, 6.45) is 8.02. The molecule has 0 bridgehead atoms. The topological polar surface area (TPSA) is 64.0 Å². The van der Waals surface area contributed by atoms with E-state index in [1.54, 1.807) is 0 Å². The van der Waals surface area contributed by atoms with Gasteiger partial charge in [0.15, 0.2) is 16.8 Å². The van der Waals surface area contributed by atoms with Crippen LogP contribution in [-0.2, 0) is 0 Å². The third-order valence-corrected chi connectivity index (χ3v) is 8.68. The standard InChI is InChI=1S/C33H40N8S/c1-24(39-22-17-29(18-23-39)38(2)3)25-9-13-27(14-10-25)34-33(42)35-28-15-11-26(12-16-28)31-36-32(40-19-5-4-6-20-40)30-8-7-21-41(30)37-31/h7-16,21,29H,1,4-6,17-20,22-23H2,2-3H3,(H2,34,35,42). The minimum absolute atomic E-state index is 0.539. The van der Waals surface area contributed by atoms with Crippen molar-refractivity contribution in [1.29, 1.82) is 0 Å². The van der Waals surface area contributed by atoms with Gasteiger partial charge < -0.3 is 25.3 Å². The second kappa shape index (κ2) is 12.5. The molecule has 0 radical (unpaired) electrons. The summed E-state index contributed by atoms with van der Waals surface area (Å²) < 4.78 is 1.94. The van der Waals surface area contributed by atoms with Crippen molar-refractivity contribution in [3.8, 4) is 11.4 Å². The Morgan fingerprint density at radius 3 is 2.17 bits per heavy atom. The Morgan fingerprint density at radius 2 is 1.52 bits per heavy atom. The first-order valence-corrected chi connectivity index (χ1v) is 15.3. The fourth-order valence-corrected chi connectivity index (χ4v) is 6.19. The van der Waals surface area contributed by atoms with E-state index in [4.69, 9.17) is 22.3 Å². The van der Waals surface area contributed by atoms with E-state index in [0.717, 1.165) is 71.5 Å². The second-order valence-corrected chi connectivity index (χ2v) is 11.9. The van der Waals surface area contributed by atoms with Gasteiger partial charge >= 0.3 is 0 Å². The smallest absolute Gasteiger partial charge is 0.182 e. The molecule has 0 aliphatic carbocycles. The molecule has 0 amide bonds. The van der Waals surface area contributed by atoms with Gasteiger partial charge in [0.2, 0.25) is 0 Å². The third-order valence-electron chi connectivity index (χ3n) is 8.48. The van der Waals surface area contributed by atoms with Gasteiger partial charge in [-0.3, -0.25) is 0 Å². The molecule has 4 aromatic rings. The molecule has 2 fully saturated rings. The Morgan fingerprint density at radius 1 is 0.881 bits per heavy atom. The highest BCUT2D eigenvalue weighted by atomic mass is 32.1.